The lowest BCUT2D eigenvalue weighted by Gasteiger charge is -2.33. The number of hydrogen-bond donors (Lipinski definition) is 3. The zero-order chi connectivity index (χ0) is 27.2. The van der Waals surface area contributed by atoms with Gasteiger partial charge in [-0.1, -0.05) is 54.6 Å². The van der Waals surface area contributed by atoms with Gasteiger partial charge in [0.15, 0.2) is 6.10 Å². The lowest BCUT2D eigenvalue weighted by molar-refractivity contribution is -0.147. The summed E-state index contributed by atoms with van der Waals surface area (Å²) in [4.78, 5) is 40.8. The van der Waals surface area contributed by atoms with Gasteiger partial charge >= 0.3 is 6.09 Å². The van der Waals surface area contributed by atoms with Crippen molar-refractivity contribution in [2.24, 2.45) is 0 Å². The topological polar surface area (TPSA) is 108 Å². The van der Waals surface area contributed by atoms with Crippen LogP contribution in [0.5, 0.6) is 0 Å². The standard InChI is InChI=1S/C28H37N3O5S/c1-18(2)36-27(35)30-22(15-20-12-7-6-8-13-20)23(32)26(34)31-17-37-28(4,5)24(31)25(33)29-16-21-14-10-9-11-19(21)3/h6-14,18,22-24,32H,15-17H2,1-5H3,(H,29,33)(H,30,35)/t22-,23-,24+/m0/s1. The predicted octanol–water partition coefficient (Wildman–Crippen LogP) is 3.40. The number of hydrogen-bond acceptors (Lipinski definition) is 6. The zero-order valence-corrected chi connectivity index (χ0v) is 22.9. The van der Waals surface area contributed by atoms with Crippen LogP contribution in [0.3, 0.4) is 0 Å². The predicted molar refractivity (Wildman–Crippen MR) is 145 cm³/mol. The minimum absolute atomic E-state index is 0.218. The third-order valence-electron chi connectivity index (χ3n) is 6.37. The largest absolute Gasteiger partial charge is 0.447 e. The van der Waals surface area contributed by atoms with Gasteiger partial charge in [0.25, 0.3) is 5.91 Å². The van der Waals surface area contributed by atoms with Gasteiger partial charge in [0.2, 0.25) is 5.91 Å². The third kappa shape index (κ3) is 7.49. The molecule has 0 aliphatic carbocycles. The van der Waals surface area contributed by atoms with Crippen molar-refractivity contribution in [2.45, 2.75) is 76.6 Å². The van der Waals surface area contributed by atoms with Crippen LogP contribution in [0.25, 0.3) is 0 Å². The molecule has 0 saturated carbocycles. The number of nitrogens with one attached hydrogen (secondary N) is 2. The van der Waals surface area contributed by atoms with Crippen LogP contribution < -0.4 is 10.6 Å². The smallest absolute Gasteiger partial charge is 0.407 e. The van der Waals surface area contributed by atoms with Gasteiger partial charge in [-0.05, 0) is 57.7 Å². The van der Waals surface area contributed by atoms with Crippen molar-refractivity contribution in [1.29, 1.82) is 0 Å². The van der Waals surface area contributed by atoms with E-state index in [2.05, 4.69) is 10.6 Å². The van der Waals surface area contributed by atoms with E-state index in [1.165, 1.54) is 16.7 Å². The van der Waals surface area contributed by atoms with Gasteiger partial charge in [0.1, 0.15) is 6.04 Å². The molecule has 2 aromatic rings. The van der Waals surface area contributed by atoms with E-state index in [9.17, 15) is 19.5 Å². The Labute approximate surface area is 223 Å². The summed E-state index contributed by atoms with van der Waals surface area (Å²) < 4.78 is 4.63. The lowest BCUT2D eigenvalue weighted by Crippen LogP contribution is -2.58. The molecule has 3 N–H and O–H groups in total. The highest BCUT2D eigenvalue weighted by Crippen LogP contribution is 2.40. The van der Waals surface area contributed by atoms with Gasteiger partial charge in [-0.15, -0.1) is 11.8 Å². The number of ether oxygens (including phenoxy) is 1. The van der Waals surface area contributed by atoms with Crippen molar-refractivity contribution in [3.05, 3.63) is 71.3 Å². The first-order chi connectivity index (χ1) is 17.5. The number of aliphatic hydroxyl groups excluding tert-OH is 1. The van der Waals surface area contributed by atoms with E-state index in [0.29, 0.717) is 6.54 Å². The summed E-state index contributed by atoms with van der Waals surface area (Å²) >= 11 is 1.47. The molecule has 2 aromatic carbocycles. The number of nitrogens with zero attached hydrogens (tertiary/aromatic N) is 1. The van der Waals surface area contributed by atoms with E-state index in [-0.39, 0.29) is 24.3 Å². The Morgan fingerprint density at radius 2 is 1.76 bits per heavy atom. The highest BCUT2D eigenvalue weighted by atomic mass is 32.2. The lowest BCUT2D eigenvalue weighted by atomic mass is 9.97. The Kier molecular flexibility index (Phi) is 9.62. The average Bonchev–Trinajstić information content (AvgIpc) is 3.17. The monoisotopic (exact) mass is 527 g/mol. The van der Waals surface area contributed by atoms with E-state index in [4.69, 9.17) is 4.74 Å². The Balaban J connectivity index is 1.78. The molecule has 0 unspecified atom stereocenters. The fourth-order valence-corrected chi connectivity index (χ4v) is 5.49. The number of thioether (sulfide) groups is 1. The van der Waals surface area contributed by atoms with E-state index >= 15 is 0 Å². The third-order valence-corrected chi connectivity index (χ3v) is 7.74. The molecule has 0 aromatic heterocycles. The molecular formula is C28H37N3O5S. The minimum Gasteiger partial charge on any atom is -0.447 e. The molecule has 1 aliphatic heterocycles. The summed E-state index contributed by atoms with van der Waals surface area (Å²) in [7, 11) is 0. The summed E-state index contributed by atoms with van der Waals surface area (Å²) in [6.07, 6.45) is -2.43. The first kappa shape index (κ1) is 28.5. The van der Waals surface area contributed by atoms with Crippen molar-refractivity contribution in [2.75, 3.05) is 5.88 Å². The highest BCUT2D eigenvalue weighted by Gasteiger charge is 2.49. The molecule has 1 saturated heterocycles. The van der Waals surface area contributed by atoms with Gasteiger partial charge in [-0.2, -0.15) is 0 Å². The second-order valence-corrected chi connectivity index (χ2v) is 11.7. The van der Waals surface area contributed by atoms with E-state index in [1.807, 2.05) is 75.4 Å². The number of carbonyl (C=O) groups is 3. The van der Waals surface area contributed by atoms with Crippen LogP contribution in [-0.2, 0) is 27.3 Å². The Hall–Kier alpha value is -3.04. The van der Waals surface area contributed by atoms with Crippen LogP contribution in [0.4, 0.5) is 4.79 Å². The number of alkyl carbamates (subject to hydrolysis) is 1. The fraction of sp³-hybridized carbons (Fsp3) is 0.464. The van der Waals surface area contributed by atoms with Crippen LogP contribution in [-0.4, -0.2) is 62.8 Å². The normalized spacial score (nSPS) is 18.2. The van der Waals surface area contributed by atoms with Gasteiger partial charge in [0, 0.05) is 11.3 Å². The quantitative estimate of drug-likeness (QED) is 0.461. The van der Waals surface area contributed by atoms with Crippen LogP contribution in [0.15, 0.2) is 54.6 Å². The molecule has 0 bridgehead atoms. The summed E-state index contributed by atoms with van der Waals surface area (Å²) in [6, 6.07) is 15.3. The number of rotatable bonds is 9. The van der Waals surface area contributed by atoms with Crippen molar-refractivity contribution in [3.63, 3.8) is 0 Å². The molecule has 9 heteroatoms. The molecule has 200 valence electrons. The maximum Gasteiger partial charge on any atom is 0.407 e. The summed E-state index contributed by atoms with van der Waals surface area (Å²) in [5, 5.41) is 16.8. The molecule has 0 spiro atoms. The summed E-state index contributed by atoms with van der Waals surface area (Å²) in [6.45, 7) is 9.58. The molecule has 37 heavy (non-hydrogen) atoms. The van der Waals surface area contributed by atoms with E-state index in [1.54, 1.807) is 13.8 Å². The zero-order valence-electron chi connectivity index (χ0n) is 22.1. The van der Waals surface area contributed by atoms with Gasteiger partial charge in [-0.3, -0.25) is 9.59 Å². The second-order valence-electron chi connectivity index (χ2n) is 10.1. The summed E-state index contributed by atoms with van der Waals surface area (Å²) in [5.74, 6) is -0.648. The van der Waals surface area contributed by atoms with E-state index in [0.717, 1.165) is 16.7 Å². The molecule has 1 aliphatic rings. The molecule has 3 rings (SSSR count). The Morgan fingerprint density at radius 3 is 2.41 bits per heavy atom. The average molecular weight is 528 g/mol. The minimum atomic E-state index is -1.57. The number of aliphatic hydroxyl groups is 1. The van der Waals surface area contributed by atoms with E-state index < -0.39 is 34.9 Å². The van der Waals surface area contributed by atoms with Crippen molar-refractivity contribution in [3.8, 4) is 0 Å². The first-order valence-corrected chi connectivity index (χ1v) is 13.4. The maximum absolute atomic E-state index is 13.6. The second kappa shape index (κ2) is 12.5. The van der Waals surface area contributed by atoms with Crippen molar-refractivity contribution >= 4 is 29.7 Å². The maximum atomic E-state index is 13.6. The van der Waals surface area contributed by atoms with Crippen molar-refractivity contribution < 1.29 is 24.2 Å². The highest BCUT2D eigenvalue weighted by molar-refractivity contribution is 8.00. The van der Waals surface area contributed by atoms with Crippen LogP contribution in [0.2, 0.25) is 0 Å². The van der Waals surface area contributed by atoms with Crippen LogP contribution in [0, 0.1) is 6.92 Å². The molecule has 3 atom stereocenters. The SMILES string of the molecule is Cc1ccccc1CNC(=O)[C@H]1N(C(=O)[C@@H](O)[C@H](Cc2ccccc2)NC(=O)OC(C)C)CSC1(C)C. The Morgan fingerprint density at radius 1 is 1.11 bits per heavy atom. The number of benzene rings is 2. The molecular weight excluding hydrogens is 490 g/mol. The molecule has 8 nitrogen and oxygen atoms in total. The number of amides is 3. The molecule has 0 radical (unpaired) electrons. The fourth-order valence-electron chi connectivity index (χ4n) is 4.35. The Bertz CT molecular complexity index is 1090. The summed E-state index contributed by atoms with van der Waals surface area (Å²) in [5.41, 5.74) is 2.90. The van der Waals surface area contributed by atoms with Gasteiger partial charge in [0.05, 0.1) is 18.0 Å². The molecule has 3 amide bonds. The van der Waals surface area contributed by atoms with Crippen molar-refractivity contribution in [1.82, 2.24) is 15.5 Å². The molecule has 1 fully saturated rings. The number of aryl methyl sites for hydroxylation is 1. The molecule has 1 heterocycles. The van der Waals surface area contributed by atoms with Gasteiger partial charge in [-0.25, -0.2) is 4.79 Å². The first-order valence-electron chi connectivity index (χ1n) is 12.5. The van der Waals surface area contributed by atoms with Crippen LogP contribution in [0.1, 0.15) is 44.4 Å². The van der Waals surface area contributed by atoms with Gasteiger partial charge < -0.3 is 25.4 Å². The number of carbonyl (C=O) groups excluding carboxylic acids is 3. The van der Waals surface area contributed by atoms with Crippen LogP contribution >= 0.6 is 11.8 Å².